The molecule has 1 heterocycles. The first-order chi connectivity index (χ1) is 9.96. The van der Waals surface area contributed by atoms with Gasteiger partial charge in [-0.05, 0) is 24.3 Å². The van der Waals surface area contributed by atoms with Gasteiger partial charge in [-0.15, -0.1) is 0 Å². The molecule has 0 radical (unpaired) electrons. The molecular formula is C13H12N4O3S. The van der Waals surface area contributed by atoms with E-state index in [1.807, 2.05) is 6.07 Å². The van der Waals surface area contributed by atoms with Gasteiger partial charge in [-0.2, -0.15) is 5.26 Å². The van der Waals surface area contributed by atoms with Crippen LogP contribution in [-0.4, -0.2) is 20.5 Å². The molecule has 21 heavy (non-hydrogen) atoms. The number of aromatic nitrogens is 1. The lowest BCUT2D eigenvalue weighted by atomic mass is 10.2. The van der Waals surface area contributed by atoms with Crippen LogP contribution in [0.4, 0.5) is 11.4 Å². The van der Waals surface area contributed by atoms with E-state index in [1.165, 1.54) is 31.4 Å². The highest BCUT2D eigenvalue weighted by Gasteiger charge is 2.16. The summed E-state index contributed by atoms with van der Waals surface area (Å²) in [6.45, 7) is 0. The van der Waals surface area contributed by atoms with E-state index in [2.05, 4.69) is 9.71 Å². The van der Waals surface area contributed by atoms with Crippen molar-refractivity contribution in [1.29, 1.82) is 5.26 Å². The number of anilines is 2. The van der Waals surface area contributed by atoms with Crippen molar-refractivity contribution >= 4 is 21.4 Å². The maximum Gasteiger partial charge on any atom is 0.263 e. The van der Waals surface area contributed by atoms with Crippen LogP contribution >= 0.6 is 0 Å². The highest BCUT2D eigenvalue weighted by molar-refractivity contribution is 7.92. The molecule has 0 spiro atoms. The van der Waals surface area contributed by atoms with Crippen LogP contribution in [-0.2, 0) is 10.0 Å². The first-order valence-electron chi connectivity index (χ1n) is 5.79. The number of pyridine rings is 1. The Bertz CT molecular complexity index is 795. The normalized spacial score (nSPS) is 10.7. The highest BCUT2D eigenvalue weighted by Crippen LogP contribution is 2.26. The van der Waals surface area contributed by atoms with Crippen LogP contribution in [0.2, 0.25) is 0 Å². The van der Waals surface area contributed by atoms with E-state index in [-0.39, 0.29) is 22.0 Å². The quantitative estimate of drug-likeness (QED) is 0.823. The van der Waals surface area contributed by atoms with Crippen molar-refractivity contribution < 1.29 is 13.2 Å². The summed E-state index contributed by atoms with van der Waals surface area (Å²) in [5, 5.41) is 8.65. The topological polar surface area (TPSA) is 118 Å². The lowest BCUT2D eigenvalue weighted by Gasteiger charge is -2.11. The fraction of sp³-hybridized carbons (Fsp3) is 0.0769. The Labute approximate surface area is 122 Å². The van der Waals surface area contributed by atoms with Crippen LogP contribution in [0.25, 0.3) is 0 Å². The van der Waals surface area contributed by atoms with E-state index in [9.17, 15) is 8.42 Å². The Morgan fingerprint density at radius 1 is 1.33 bits per heavy atom. The fourth-order valence-corrected chi connectivity index (χ4v) is 2.58. The summed E-state index contributed by atoms with van der Waals surface area (Å²) in [6, 6.07) is 9.07. The number of methoxy groups -OCH3 is 1. The zero-order valence-corrected chi connectivity index (χ0v) is 11.9. The van der Waals surface area contributed by atoms with Crippen molar-refractivity contribution in [2.45, 2.75) is 4.90 Å². The van der Waals surface area contributed by atoms with Crippen molar-refractivity contribution in [3.8, 4) is 11.8 Å². The number of hydrogen-bond donors (Lipinski definition) is 2. The predicted molar refractivity (Wildman–Crippen MR) is 77.2 cm³/mol. The minimum atomic E-state index is -3.84. The highest BCUT2D eigenvalue weighted by atomic mass is 32.2. The summed E-state index contributed by atoms with van der Waals surface area (Å²) in [5.41, 5.74) is 6.34. The fourth-order valence-electron chi connectivity index (χ4n) is 1.56. The van der Waals surface area contributed by atoms with Gasteiger partial charge in [0.25, 0.3) is 10.0 Å². The zero-order valence-electron chi connectivity index (χ0n) is 11.1. The lowest BCUT2D eigenvalue weighted by molar-refractivity contribution is 0.415. The summed E-state index contributed by atoms with van der Waals surface area (Å²) in [5.74, 6) is 0.472. The van der Waals surface area contributed by atoms with Crippen LogP contribution < -0.4 is 15.2 Å². The molecule has 0 bridgehead atoms. The smallest absolute Gasteiger partial charge is 0.263 e. The molecule has 0 unspecified atom stereocenters. The third kappa shape index (κ3) is 3.21. The Balaban J connectivity index is 2.35. The summed E-state index contributed by atoms with van der Waals surface area (Å²) < 4.78 is 31.8. The number of sulfonamides is 1. The second kappa shape index (κ2) is 5.68. The summed E-state index contributed by atoms with van der Waals surface area (Å²) in [4.78, 5) is 3.66. The lowest BCUT2D eigenvalue weighted by Crippen LogP contribution is -2.14. The molecule has 0 aliphatic carbocycles. The van der Waals surface area contributed by atoms with Crippen LogP contribution in [0.5, 0.6) is 5.75 Å². The number of nitrogens with zero attached hydrogens (tertiary/aromatic N) is 2. The number of nitriles is 1. The van der Waals surface area contributed by atoms with E-state index in [0.29, 0.717) is 5.75 Å². The molecule has 0 atom stereocenters. The Morgan fingerprint density at radius 3 is 2.67 bits per heavy atom. The van der Waals surface area contributed by atoms with E-state index in [1.54, 1.807) is 6.07 Å². The van der Waals surface area contributed by atoms with E-state index in [4.69, 9.17) is 15.7 Å². The van der Waals surface area contributed by atoms with E-state index >= 15 is 0 Å². The van der Waals surface area contributed by atoms with Gasteiger partial charge in [0.2, 0.25) is 0 Å². The molecule has 0 saturated heterocycles. The monoisotopic (exact) mass is 304 g/mol. The van der Waals surface area contributed by atoms with Crippen LogP contribution in [0.15, 0.2) is 41.4 Å². The molecule has 0 aliphatic rings. The second-order valence-electron chi connectivity index (χ2n) is 4.05. The summed E-state index contributed by atoms with van der Waals surface area (Å²) >= 11 is 0. The second-order valence-corrected chi connectivity index (χ2v) is 5.73. The molecule has 0 saturated carbocycles. The number of nitrogens with two attached hydrogens (primary N) is 1. The summed E-state index contributed by atoms with van der Waals surface area (Å²) in [7, 11) is -2.38. The molecule has 7 nitrogen and oxygen atoms in total. The third-order valence-electron chi connectivity index (χ3n) is 2.67. The van der Waals surface area contributed by atoms with Crippen LogP contribution in [0, 0.1) is 11.3 Å². The average Bonchev–Trinajstić information content (AvgIpc) is 2.49. The van der Waals surface area contributed by atoms with Gasteiger partial charge in [0.05, 0.1) is 18.5 Å². The molecular weight excluding hydrogens is 292 g/mol. The molecule has 108 valence electrons. The van der Waals surface area contributed by atoms with Crippen molar-refractivity contribution in [2.75, 3.05) is 17.6 Å². The van der Waals surface area contributed by atoms with Gasteiger partial charge < -0.3 is 10.5 Å². The number of rotatable bonds is 4. The standard InChI is InChI=1S/C13H12N4O3S/c1-20-10-3-5-12(15)13(6-10)17-21(18,19)11-4-2-9(7-14)16-8-11/h2-6,8,17H,15H2,1H3. The van der Waals surface area contributed by atoms with Gasteiger partial charge >= 0.3 is 0 Å². The van der Waals surface area contributed by atoms with Gasteiger partial charge in [0.15, 0.2) is 0 Å². The van der Waals surface area contributed by atoms with Gasteiger partial charge in [-0.1, -0.05) is 0 Å². The third-order valence-corrected chi connectivity index (χ3v) is 4.02. The van der Waals surface area contributed by atoms with Crippen molar-refractivity contribution in [1.82, 2.24) is 4.98 Å². The molecule has 1 aromatic carbocycles. The molecule has 2 aromatic rings. The first kappa shape index (κ1) is 14.6. The van der Waals surface area contributed by atoms with Gasteiger partial charge in [-0.3, -0.25) is 4.72 Å². The van der Waals surface area contributed by atoms with E-state index < -0.39 is 10.0 Å². The molecule has 2 rings (SSSR count). The minimum absolute atomic E-state index is 0.0660. The maximum atomic E-state index is 12.2. The van der Waals surface area contributed by atoms with E-state index in [0.717, 1.165) is 6.20 Å². The minimum Gasteiger partial charge on any atom is -0.497 e. The van der Waals surface area contributed by atoms with Gasteiger partial charge in [0, 0.05) is 12.3 Å². The Hall–Kier alpha value is -2.79. The molecule has 0 aliphatic heterocycles. The first-order valence-corrected chi connectivity index (χ1v) is 7.27. The molecule has 3 N–H and O–H groups in total. The van der Waals surface area contributed by atoms with Gasteiger partial charge in [0.1, 0.15) is 22.4 Å². The number of nitrogens with one attached hydrogen (secondary N) is 1. The number of nitrogen functional groups attached to an aromatic ring is 1. The molecule has 1 aromatic heterocycles. The van der Waals surface area contributed by atoms with Crippen molar-refractivity contribution in [3.05, 3.63) is 42.2 Å². The van der Waals surface area contributed by atoms with Crippen molar-refractivity contribution in [2.24, 2.45) is 0 Å². The van der Waals surface area contributed by atoms with Crippen LogP contribution in [0.3, 0.4) is 0 Å². The number of ether oxygens (including phenoxy) is 1. The number of benzene rings is 1. The Kier molecular flexibility index (Phi) is 3.95. The SMILES string of the molecule is COc1ccc(N)c(NS(=O)(=O)c2ccc(C#N)nc2)c1. The van der Waals surface area contributed by atoms with Gasteiger partial charge in [-0.25, -0.2) is 13.4 Å². The summed E-state index contributed by atoms with van der Waals surface area (Å²) in [6.07, 6.45) is 1.11. The molecule has 0 fully saturated rings. The maximum absolute atomic E-state index is 12.2. The predicted octanol–water partition coefficient (Wildman–Crippen LogP) is 1.34. The van der Waals surface area contributed by atoms with Crippen molar-refractivity contribution in [3.63, 3.8) is 0 Å². The number of hydrogen-bond acceptors (Lipinski definition) is 6. The Morgan fingerprint density at radius 2 is 2.10 bits per heavy atom. The molecule has 8 heteroatoms. The van der Waals surface area contributed by atoms with Crippen LogP contribution in [0.1, 0.15) is 5.69 Å². The largest absolute Gasteiger partial charge is 0.497 e. The zero-order chi connectivity index (χ0) is 15.5. The average molecular weight is 304 g/mol. The molecule has 0 amide bonds.